The fraction of sp³-hybridized carbons (Fsp3) is 0.263. The van der Waals surface area contributed by atoms with Crippen LogP contribution in [0.3, 0.4) is 0 Å². The molecule has 2 aromatic rings. The highest BCUT2D eigenvalue weighted by atomic mass is 19.4. The van der Waals surface area contributed by atoms with Gasteiger partial charge in [0, 0.05) is 23.5 Å². The van der Waals surface area contributed by atoms with Crippen molar-refractivity contribution in [1.29, 1.82) is 0 Å². The quantitative estimate of drug-likeness (QED) is 0.715. The second kappa shape index (κ2) is 8.57. The van der Waals surface area contributed by atoms with Crippen LogP contribution in [0.1, 0.15) is 28.4 Å². The van der Waals surface area contributed by atoms with Crippen molar-refractivity contribution in [3.63, 3.8) is 0 Å². The number of nitrogens with one attached hydrogen (secondary N) is 3. The Morgan fingerprint density at radius 1 is 1.04 bits per heavy atom. The third-order valence-corrected chi connectivity index (χ3v) is 3.74. The van der Waals surface area contributed by atoms with Gasteiger partial charge >= 0.3 is 6.18 Å². The van der Waals surface area contributed by atoms with Crippen molar-refractivity contribution in [3.05, 3.63) is 59.2 Å². The molecular weight excluding hydrogens is 359 g/mol. The molecule has 2 aromatic carbocycles. The molecule has 2 amide bonds. The van der Waals surface area contributed by atoms with Gasteiger partial charge in [0.1, 0.15) is 0 Å². The maximum absolute atomic E-state index is 12.9. The second-order valence-electron chi connectivity index (χ2n) is 5.87. The summed E-state index contributed by atoms with van der Waals surface area (Å²) in [4.78, 5) is 23.9. The molecule has 0 aliphatic heterocycles. The van der Waals surface area contributed by atoms with E-state index in [1.54, 1.807) is 25.1 Å². The van der Waals surface area contributed by atoms with Gasteiger partial charge in [0.05, 0.1) is 12.1 Å². The summed E-state index contributed by atoms with van der Waals surface area (Å²) in [5.74, 6) is -0.705. The molecule has 0 saturated heterocycles. The number of amides is 2. The molecular formula is C19H20F3N3O2. The lowest BCUT2D eigenvalue weighted by molar-refractivity contribution is -0.138. The van der Waals surface area contributed by atoms with Crippen LogP contribution in [0.2, 0.25) is 0 Å². The Bertz CT molecular complexity index is 835. The summed E-state index contributed by atoms with van der Waals surface area (Å²) >= 11 is 0. The molecule has 5 nitrogen and oxygen atoms in total. The van der Waals surface area contributed by atoms with Crippen LogP contribution in [0, 0.1) is 6.92 Å². The van der Waals surface area contributed by atoms with E-state index in [1.807, 2.05) is 0 Å². The molecule has 0 aliphatic rings. The van der Waals surface area contributed by atoms with Crippen LogP contribution >= 0.6 is 0 Å². The Hall–Kier alpha value is -3.03. The Morgan fingerprint density at radius 2 is 1.78 bits per heavy atom. The number of aryl methyl sites for hydroxylation is 1. The van der Waals surface area contributed by atoms with Crippen LogP contribution in [-0.4, -0.2) is 24.9 Å². The van der Waals surface area contributed by atoms with Gasteiger partial charge in [0.15, 0.2) is 0 Å². The van der Waals surface area contributed by atoms with E-state index in [9.17, 15) is 22.8 Å². The number of hydrogen-bond donors (Lipinski definition) is 3. The van der Waals surface area contributed by atoms with E-state index >= 15 is 0 Å². The van der Waals surface area contributed by atoms with Crippen molar-refractivity contribution in [2.75, 3.05) is 23.7 Å². The lowest BCUT2D eigenvalue weighted by atomic mass is 10.1. The Kier molecular flexibility index (Phi) is 6.44. The van der Waals surface area contributed by atoms with Gasteiger partial charge in [0.25, 0.3) is 5.91 Å². The minimum Gasteiger partial charge on any atom is -0.376 e. The van der Waals surface area contributed by atoms with Gasteiger partial charge in [-0.05, 0) is 49.7 Å². The molecule has 0 fully saturated rings. The van der Waals surface area contributed by atoms with E-state index in [0.29, 0.717) is 17.8 Å². The van der Waals surface area contributed by atoms with Gasteiger partial charge in [-0.3, -0.25) is 9.59 Å². The number of carbonyl (C=O) groups excluding carboxylic acids is 2. The predicted molar refractivity (Wildman–Crippen MR) is 97.7 cm³/mol. The average molecular weight is 379 g/mol. The van der Waals surface area contributed by atoms with E-state index < -0.39 is 17.6 Å². The van der Waals surface area contributed by atoms with Crippen molar-refractivity contribution < 1.29 is 22.8 Å². The molecule has 27 heavy (non-hydrogen) atoms. The number of alkyl halides is 3. The Labute approximate surface area is 155 Å². The van der Waals surface area contributed by atoms with Gasteiger partial charge in [-0.15, -0.1) is 0 Å². The number of hydrogen-bond acceptors (Lipinski definition) is 3. The van der Waals surface area contributed by atoms with E-state index in [0.717, 1.165) is 6.07 Å². The maximum atomic E-state index is 12.9. The monoisotopic (exact) mass is 379 g/mol. The van der Waals surface area contributed by atoms with Crippen molar-refractivity contribution in [2.45, 2.75) is 20.0 Å². The molecule has 0 aromatic heterocycles. The summed E-state index contributed by atoms with van der Waals surface area (Å²) in [6, 6.07) is 10.2. The average Bonchev–Trinajstić information content (AvgIpc) is 2.60. The zero-order chi connectivity index (χ0) is 20.0. The van der Waals surface area contributed by atoms with Gasteiger partial charge in [-0.2, -0.15) is 13.2 Å². The number of benzene rings is 2. The molecule has 144 valence electrons. The highest BCUT2D eigenvalue weighted by Crippen LogP contribution is 2.33. The number of anilines is 2. The molecule has 0 spiro atoms. The molecule has 0 aliphatic carbocycles. The third kappa shape index (κ3) is 5.73. The van der Waals surface area contributed by atoms with Crippen LogP contribution in [0.5, 0.6) is 0 Å². The van der Waals surface area contributed by atoms with Gasteiger partial charge in [0.2, 0.25) is 5.91 Å². The summed E-state index contributed by atoms with van der Waals surface area (Å²) in [5, 5.41) is 7.93. The van der Waals surface area contributed by atoms with Crippen molar-refractivity contribution in [3.8, 4) is 0 Å². The Balaban J connectivity index is 1.99. The van der Waals surface area contributed by atoms with Gasteiger partial charge in [-0.25, -0.2) is 0 Å². The Morgan fingerprint density at radius 3 is 2.44 bits per heavy atom. The summed E-state index contributed by atoms with van der Waals surface area (Å²) in [5.41, 5.74) is 0.378. The number of halogens is 3. The minimum atomic E-state index is -4.45. The fourth-order valence-corrected chi connectivity index (χ4v) is 2.43. The fourth-order valence-electron chi connectivity index (χ4n) is 2.43. The molecule has 3 N–H and O–H groups in total. The molecule has 0 atom stereocenters. The molecule has 2 rings (SSSR count). The van der Waals surface area contributed by atoms with Crippen LogP contribution in [0.25, 0.3) is 0 Å². The molecule has 0 heterocycles. The van der Waals surface area contributed by atoms with E-state index in [-0.39, 0.29) is 23.7 Å². The number of carbonyl (C=O) groups is 2. The van der Waals surface area contributed by atoms with Crippen LogP contribution in [0.4, 0.5) is 24.5 Å². The predicted octanol–water partition coefficient (Wildman–Crippen LogP) is 3.81. The topological polar surface area (TPSA) is 70.2 Å². The summed E-state index contributed by atoms with van der Waals surface area (Å²) in [6.07, 6.45) is -4.45. The first kappa shape index (κ1) is 20.3. The molecule has 0 radical (unpaired) electrons. The van der Waals surface area contributed by atoms with Gasteiger partial charge < -0.3 is 16.0 Å². The summed E-state index contributed by atoms with van der Waals surface area (Å²) < 4.78 is 38.8. The lowest BCUT2D eigenvalue weighted by Crippen LogP contribution is -2.24. The molecule has 8 heteroatoms. The summed E-state index contributed by atoms with van der Waals surface area (Å²) in [6.45, 7) is 3.44. The SMILES string of the molecule is CCNC(=O)c1cccc(NC(=O)CNc2ccc(C)c(C(F)(F)F)c2)c1. The first-order chi connectivity index (χ1) is 12.7. The molecule has 0 saturated carbocycles. The maximum Gasteiger partial charge on any atom is 0.416 e. The second-order valence-corrected chi connectivity index (χ2v) is 5.87. The first-order valence-electron chi connectivity index (χ1n) is 8.30. The molecule has 0 bridgehead atoms. The van der Waals surface area contributed by atoms with E-state index in [4.69, 9.17) is 0 Å². The van der Waals surface area contributed by atoms with Crippen LogP contribution in [0.15, 0.2) is 42.5 Å². The minimum absolute atomic E-state index is 0.111. The number of rotatable bonds is 6. The zero-order valence-corrected chi connectivity index (χ0v) is 14.9. The van der Waals surface area contributed by atoms with Crippen molar-refractivity contribution >= 4 is 23.2 Å². The standard InChI is InChI=1S/C19H20F3N3O2/c1-3-23-18(27)13-5-4-6-15(9-13)25-17(26)11-24-14-8-7-12(2)16(10-14)19(20,21)22/h4-10,24H,3,11H2,1-2H3,(H,23,27)(H,25,26). The summed E-state index contributed by atoms with van der Waals surface area (Å²) in [7, 11) is 0. The van der Waals surface area contributed by atoms with Crippen LogP contribution < -0.4 is 16.0 Å². The van der Waals surface area contributed by atoms with Crippen molar-refractivity contribution in [2.24, 2.45) is 0 Å². The smallest absolute Gasteiger partial charge is 0.376 e. The normalized spacial score (nSPS) is 11.0. The van der Waals surface area contributed by atoms with Crippen molar-refractivity contribution in [1.82, 2.24) is 5.32 Å². The van der Waals surface area contributed by atoms with Gasteiger partial charge in [-0.1, -0.05) is 12.1 Å². The zero-order valence-electron chi connectivity index (χ0n) is 14.9. The first-order valence-corrected chi connectivity index (χ1v) is 8.30. The van der Waals surface area contributed by atoms with Crippen LogP contribution in [-0.2, 0) is 11.0 Å². The third-order valence-electron chi connectivity index (χ3n) is 3.74. The van der Waals surface area contributed by atoms with E-state index in [1.165, 1.54) is 25.1 Å². The highest BCUT2D eigenvalue weighted by Gasteiger charge is 2.32. The van der Waals surface area contributed by atoms with E-state index in [2.05, 4.69) is 16.0 Å². The molecule has 0 unspecified atom stereocenters. The lowest BCUT2D eigenvalue weighted by Gasteiger charge is -2.13. The largest absolute Gasteiger partial charge is 0.416 e. The highest BCUT2D eigenvalue weighted by molar-refractivity contribution is 5.98.